The van der Waals surface area contributed by atoms with Crippen LogP contribution in [0.2, 0.25) is 0 Å². The lowest BCUT2D eigenvalue weighted by molar-refractivity contribution is -0.156. The van der Waals surface area contributed by atoms with Gasteiger partial charge in [0, 0.05) is 7.05 Å². The van der Waals surface area contributed by atoms with Gasteiger partial charge in [-0.15, -0.1) is 0 Å². The van der Waals surface area contributed by atoms with Gasteiger partial charge in [-0.1, -0.05) is 6.92 Å². The van der Waals surface area contributed by atoms with Crippen LogP contribution in [0.4, 0.5) is 0 Å². The summed E-state index contributed by atoms with van der Waals surface area (Å²) in [6.07, 6.45) is 0.599. The number of rotatable bonds is 3. The summed E-state index contributed by atoms with van der Waals surface area (Å²) in [5, 5.41) is 7.07. The summed E-state index contributed by atoms with van der Waals surface area (Å²) >= 11 is 0. The fraction of sp³-hybridized carbons (Fsp3) is 0.643. The number of amides is 2. The molecule has 0 radical (unpaired) electrons. The van der Waals surface area contributed by atoms with Crippen LogP contribution < -0.4 is 5.32 Å². The number of carbonyl (C=O) groups is 2. The molecule has 6 heteroatoms. The van der Waals surface area contributed by atoms with Crippen molar-refractivity contribution in [1.82, 2.24) is 20.0 Å². The van der Waals surface area contributed by atoms with Crippen molar-refractivity contribution in [2.75, 3.05) is 0 Å². The zero-order valence-corrected chi connectivity index (χ0v) is 12.7. The first kappa shape index (κ1) is 14.6. The highest BCUT2D eigenvalue weighted by Gasteiger charge is 2.45. The van der Waals surface area contributed by atoms with Crippen LogP contribution in [0.15, 0.2) is 6.07 Å². The molecule has 6 nitrogen and oxygen atoms in total. The van der Waals surface area contributed by atoms with E-state index in [1.54, 1.807) is 23.4 Å². The van der Waals surface area contributed by atoms with Gasteiger partial charge in [0.2, 0.25) is 11.8 Å². The third-order valence-electron chi connectivity index (χ3n) is 3.93. The summed E-state index contributed by atoms with van der Waals surface area (Å²) in [4.78, 5) is 26.4. The lowest BCUT2D eigenvalue weighted by Crippen LogP contribution is -2.67. The van der Waals surface area contributed by atoms with E-state index in [0.717, 1.165) is 11.4 Å². The van der Waals surface area contributed by atoms with Gasteiger partial charge in [-0.05, 0) is 33.3 Å². The first-order valence-corrected chi connectivity index (χ1v) is 6.89. The van der Waals surface area contributed by atoms with Gasteiger partial charge in [-0.3, -0.25) is 14.3 Å². The molecule has 0 bridgehead atoms. The van der Waals surface area contributed by atoms with Gasteiger partial charge >= 0.3 is 0 Å². The van der Waals surface area contributed by atoms with Crippen molar-refractivity contribution in [3.63, 3.8) is 0 Å². The first-order chi connectivity index (χ1) is 9.27. The summed E-state index contributed by atoms with van der Waals surface area (Å²) in [7, 11) is 1.85. The average molecular weight is 278 g/mol. The summed E-state index contributed by atoms with van der Waals surface area (Å²) in [5.74, 6) is -0.140. The van der Waals surface area contributed by atoms with Gasteiger partial charge in [-0.25, -0.2) is 0 Å². The standard InChI is InChI=1S/C14H22N4O2/c1-6-11-12(19)18(14(3,4)13(20)15-11)8-10-7-9(2)16-17(10)5/h7,11H,6,8H2,1-5H3,(H,15,20). The predicted octanol–water partition coefficient (Wildman–Crippen LogP) is 0.744. The van der Waals surface area contributed by atoms with E-state index in [-0.39, 0.29) is 11.8 Å². The van der Waals surface area contributed by atoms with E-state index < -0.39 is 11.6 Å². The van der Waals surface area contributed by atoms with Gasteiger partial charge in [0.15, 0.2) is 0 Å². The second-order valence-corrected chi connectivity index (χ2v) is 5.82. The fourth-order valence-corrected chi connectivity index (χ4v) is 2.51. The number of nitrogens with one attached hydrogen (secondary N) is 1. The maximum atomic E-state index is 12.5. The number of aromatic nitrogens is 2. The van der Waals surface area contributed by atoms with Crippen LogP contribution >= 0.6 is 0 Å². The second kappa shape index (κ2) is 4.92. The van der Waals surface area contributed by atoms with Crippen molar-refractivity contribution >= 4 is 11.8 Å². The SMILES string of the molecule is CCC1NC(=O)C(C)(C)N(Cc2cc(C)nn2C)C1=O. The molecule has 1 fully saturated rings. The molecule has 0 saturated carbocycles. The molecule has 0 spiro atoms. The maximum Gasteiger partial charge on any atom is 0.246 e. The maximum absolute atomic E-state index is 12.5. The summed E-state index contributed by atoms with van der Waals surface area (Å²) in [6, 6.07) is 1.52. The minimum Gasteiger partial charge on any atom is -0.342 e. The predicted molar refractivity (Wildman–Crippen MR) is 74.8 cm³/mol. The number of hydrogen-bond donors (Lipinski definition) is 1. The molecule has 1 aliphatic rings. The van der Waals surface area contributed by atoms with Gasteiger partial charge < -0.3 is 10.2 Å². The number of piperazine rings is 1. The Bertz CT molecular complexity index is 547. The Morgan fingerprint density at radius 3 is 2.55 bits per heavy atom. The molecule has 1 aromatic heterocycles. The molecule has 2 heterocycles. The van der Waals surface area contributed by atoms with Crippen LogP contribution in [0.3, 0.4) is 0 Å². The van der Waals surface area contributed by atoms with Gasteiger partial charge in [0.25, 0.3) is 0 Å². The molecule has 0 aromatic carbocycles. The zero-order valence-electron chi connectivity index (χ0n) is 12.7. The van der Waals surface area contributed by atoms with Crippen LogP contribution in [-0.2, 0) is 23.2 Å². The van der Waals surface area contributed by atoms with Crippen LogP contribution in [0, 0.1) is 6.92 Å². The highest BCUT2D eigenvalue weighted by molar-refractivity contribution is 5.99. The largest absolute Gasteiger partial charge is 0.342 e. The molecule has 1 saturated heterocycles. The fourth-order valence-electron chi connectivity index (χ4n) is 2.51. The third kappa shape index (κ3) is 2.30. The summed E-state index contributed by atoms with van der Waals surface area (Å²) in [6.45, 7) is 7.75. The van der Waals surface area contributed by atoms with E-state index in [9.17, 15) is 9.59 Å². The topological polar surface area (TPSA) is 67.2 Å². The van der Waals surface area contributed by atoms with Crippen molar-refractivity contribution in [2.45, 2.75) is 52.2 Å². The minimum atomic E-state index is -0.846. The van der Waals surface area contributed by atoms with Crippen molar-refractivity contribution in [1.29, 1.82) is 0 Å². The van der Waals surface area contributed by atoms with Crippen molar-refractivity contribution < 1.29 is 9.59 Å². The number of aryl methyl sites for hydroxylation is 2. The zero-order chi connectivity index (χ0) is 15.1. The van der Waals surface area contributed by atoms with E-state index in [1.807, 2.05) is 27.0 Å². The Hall–Kier alpha value is -1.85. The molecule has 1 atom stereocenters. The molecule has 2 rings (SSSR count). The van der Waals surface area contributed by atoms with Crippen molar-refractivity contribution in [3.8, 4) is 0 Å². The molecule has 20 heavy (non-hydrogen) atoms. The molecule has 1 unspecified atom stereocenters. The molecule has 1 N–H and O–H groups in total. The average Bonchev–Trinajstić information content (AvgIpc) is 2.68. The highest BCUT2D eigenvalue weighted by Crippen LogP contribution is 2.24. The molecule has 2 amide bonds. The Balaban J connectivity index is 2.32. The Kier molecular flexibility index (Phi) is 3.58. The first-order valence-electron chi connectivity index (χ1n) is 6.89. The monoisotopic (exact) mass is 278 g/mol. The molecule has 1 aromatic rings. The quantitative estimate of drug-likeness (QED) is 0.887. The van der Waals surface area contributed by atoms with Crippen LogP contribution in [-0.4, -0.2) is 38.1 Å². The Morgan fingerprint density at radius 1 is 1.40 bits per heavy atom. The number of carbonyl (C=O) groups excluding carboxylic acids is 2. The van der Waals surface area contributed by atoms with Gasteiger partial charge in [0.05, 0.1) is 17.9 Å². The summed E-state index contributed by atoms with van der Waals surface area (Å²) in [5.41, 5.74) is 0.982. The second-order valence-electron chi connectivity index (χ2n) is 5.82. The van der Waals surface area contributed by atoms with E-state index in [0.29, 0.717) is 13.0 Å². The Labute approximate surface area is 119 Å². The van der Waals surface area contributed by atoms with Crippen molar-refractivity contribution in [3.05, 3.63) is 17.5 Å². The Morgan fingerprint density at radius 2 is 2.05 bits per heavy atom. The molecular weight excluding hydrogens is 256 g/mol. The molecule has 0 aliphatic carbocycles. The van der Waals surface area contributed by atoms with Crippen LogP contribution in [0.25, 0.3) is 0 Å². The molecule has 110 valence electrons. The minimum absolute atomic E-state index is 0.0315. The van der Waals surface area contributed by atoms with Crippen LogP contribution in [0.5, 0.6) is 0 Å². The highest BCUT2D eigenvalue weighted by atomic mass is 16.2. The summed E-state index contributed by atoms with van der Waals surface area (Å²) < 4.78 is 1.76. The normalized spacial score (nSPS) is 22.1. The van der Waals surface area contributed by atoms with Crippen LogP contribution in [0.1, 0.15) is 38.6 Å². The van der Waals surface area contributed by atoms with E-state index >= 15 is 0 Å². The smallest absolute Gasteiger partial charge is 0.246 e. The molecular formula is C14H22N4O2. The van der Waals surface area contributed by atoms with E-state index in [1.165, 1.54) is 0 Å². The van der Waals surface area contributed by atoms with Crippen molar-refractivity contribution in [2.24, 2.45) is 7.05 Å². The number of nitrogens with zero attached hydrogens (tertiary/aromatic N) is 3. The lowest BCUT2D eigenvalue weighted by atomic mass is 9.94. The van der Waals surface area contributed by atoms with E-state index in [2.05, 4.69) is 10.4 Å². The van der Waals surface area contributed by atoms with Gasteiger partial charge in [0.1, 0.15) is 11.6 Å². The lowest BCUT2D eigenvalue weighted by Gasteiger charge is -2.44. The molecule has 1 aliphatic heterocycles. The third-order valence-corrected chi connectivity index (χ3v) is 3.93. The van der Waals surface area contributed by atoms with E-state index in [4.69, 9.17) is 0 Å². The van der Waals surface area contributed by atoms with Gasteiger partial charge in [-0.2, -0.15) is 5.10 Å². The number of hydrogen-bond acceptors (Lipinski definition) is 3.